The fraction of sp³-hybridized carbons (Fsp3) is 0.500. The highest BCUT2D eigenvalue weighted by atomic mass is 16.5. The zero-order chi connectivity index (χ0) is 13.0. The molecular weight excluding hydrogens is 228 g/mol. The van der Waals surface area contributed by atoms with Gasteiger partial charge in [-0.3, -0.25) is 4.79 Å². The molecule has 0 heterocycles. The summed E-state index contributed by atoms with van der Waals surface area (Å²) in [5.74, 6) is 0.929. The van der Waals surface area contributed by atoms with Gasteiger partial charge in [0.2, 0.25) is 5.91 Å². The number of rotatable bonds is 5. The van der Waals surface area contributed by atoms with Gasteiger partial charge in [-0.1, -0.05) is 6.07 Å². The highest BCUT2D eigenvalue weighted by Gasteiger charge is 2.18. The molecule has 18 heavy (non-hydrogen) atoms. The molecule has 4 heteroatoms. The first-order chi connectivity index (χ1) is 8.70. The van der Waals surface area contributed by atoms with Gasteiger partial charge in [0, 0.05) is 19.5 Å². The fourth-order valence-electron chi connectivity index (χ4n) is 2.26. The summed E-state index contributed by atoms with van der Waals surface area (Å²) in [4.78, 5) is 11.0. The van der Waals surface area contributed by atoms with E-state index in [0.29, 0.717) is 13.0 Å². The van der Waals surface area contributed by atoms with Gasteiger partial charge >= 0.3 is 0 Å². The number of amides is 1. The molecule has 0 bridgehead atoms. The summed E-state index contributed by atoms with van der Waals surface area (Å²) in [6.45, 7) is 0.568. The van der Waals surface area contributed by atoms with Crippen LogP contribution in [0.2, 0.25) is 0 Å². The Kier molecular flexibility index (Phi) is 4.20. The molecular formula is C14H20N2O2. The topological polar surface area (TPSA) is 64.3 Å². The molecule has 4 nitrogen and oxygen atoms in total. The molecule has 1 aliphatic rings. The van der Waals surface area contributed by atoms with Crippen LogP contribution < -0.4 is 15.8 Å². The van der Waals surface area contributed by atoms with Crippen molar-refractivity contribution in [1.82, 2.24) is 5.32 Å². The number of aryl methyl sites for hydroxylation is 1. The Morgan fingerprint density at radius 1 is 1.56 bits per heavy atom. The van der Waals surface area contributed by atoms with Crippen LogP contribution in [-0.2, 0) is 11.2 Å². The summed E-state index contributed by atoms with van der Waals surface area (Å²) in [5.41, 5.74) is 8.52. The van der Waals surface area contributed by atoms with Crippen molar-refractivity contribution in [3.05, 3.63) is 29.3 Å². The second kappa shape index (κ2) is 5.87. The summed E-state index contributed by atoms with van der Waals surface area (Å²) in [6, 6.07) is 6.27. The molecule has 0 fully saturated rings. The molecule has 1 aliphatic carbocycles. The maximum Gasteiger partial charge on any atom is 0.219 e. The van der Waals surface area contributed by atoms with E-state index in [1.54, 1.807) is 7.05 Å². The van der Waals surface area contributed by atoms with Gasteiger partial charge in [0.15, 0.2) is 0 Å². The van der Waals surface area contributed by atoms with Crippen LogP contribution in [0.5, 0.6) is 5.75 Å². The molecule has 0 aromatic heterocycles. The van der Waals surface area contributed by atoms with Crippen molar-refractivity contribution in [2.24, 2.45) is 5.73 Å². The van der Waals surface area contributed by atoms with Gasteiger partial charge in [-0.15, -0.1) is 0 Å². The number of ether oxygens (including phenoxy) is 1. The van der Waals surface area contributed by atoms with Gasteiger partial charge in [0.05, 0.1) is 6.61 Å². The first-order valence-electron chi connectivity index (χ1n) is 6.42. The van der Waals surface area contributed by atoms with Gasteiger partial charge in [-0.2, -0.15) is 0 Å². The molecule has 98 valence electrons. The van der Waals surface area contributed by atoms with Crippen LogP contribution in [0.1, 0.15) is 36.4 Å². The highest BCUT2D eigenvalue weighted by molar-refractivity contribution is 5.75. The van der Waals surface area contributed by atoms with Crippen LogP contribution in [0, 0.1) is 0 Å². The lowest BCUT2D eigenvalue weighted by Gasteiger charge is -2.09. The minimum atomic E-state index is 0.0542. The second-order valence-corrected chi connectivity index (χ2v) is 4.63. The quantitative estimate of drug-likeness (QED) is 0.777. The van der Waals surface area contributed by atoms with E-state index in [2.05, 4.69) is 17.4 Å². The second-order valence-electron chi connectivity index (χ2n) is 4.63. The van der Waals surface area contributed by atoms with Gasteiger partial charge in [-0.05, 0) is 42.5 Å². The molecule has 0 aliphatic heterocycles. The van der Waals surface area contributed by atoms with E-state index in [-0.39, 0.29) is 11.9 Å². The normalized spacial score (nSPS) is 17.3. The van der Waals surface area contributed by atoms with E-state index in [1.165, 1.54) is 11.1 Å². The largest absolute Gasteiger partial charge is 0.494 e. The lowest BCUT2D eigenvalue weighted by atomic mass is 10.1. The number of carbonyl (C=O) groups is 1. The van der Waals surface area contributed by atoms with E-state index in [1.807, 2.05) is 6.07 Å². The zero-order valence-corrected chi connectivity index (χ0v) is 10.7. The molecule has 0 radical (unpaired) electrons. The predicted octanol–water partition coefficient (Wildman–Crippen LogP) is 1.54. The van der Waals surface area contributed by atoms with E-state index >= 15 is 0 Å². The maximum absolute atomic E-state index is 11.0. The van der Waals surface area contributed by atoms with Gasteiger partial charge in [-0.25, -0.2) is 0 Å². The van der Waals surface area contributed by atoms with Crippen molar-refractivity contribution >= 4 is 5.91 Å². The Labute approximate surface area is 108 Å². The highest BCUT2D eigenvalue weighted by Crippen LogP contribution is 2.31. The van der Waals surface area contributed by atoms with Crippen LogP contribution in [0.25, 0.3) is 0 Å². The molecule has 2 rings (SSSR count). The van der Waals surface area contributed by atoms with Crippen molar-refractivity contribution in [2.75, 3.05) is 13.7 Å². The van der Waals surface area contributed by atoms with Crippen LogP contribution in [0.3, 0.4) is 0 Å². The smallest absolute Gasteiger partial charge is 0.219 e. The summed E-state index contributed by atoms with van der Waals surface area (Å²) < 4.78 is 5.64. The average Bonchev–Trinajstić information content (AvgIpc) is 2.76. The Bertz CT molecular complexity index is 432. The molecule has 1 atom stereocenters. The molecule has 1 amide bonds. The van der Waals surface area contributed by atoms with Crippen molar-refractivity contribution in [3.63, 3.8) is 0 Å². The first-order valence-corrected chi connectivity index (χ1v) is 6.42. The monoisotopic (exact) mass is 248 g/mol. The fourth-order valence-corrected chi connectivity index (χ4v) is 2.26. The van der Waals surface area contributed by atoms with Gasteiger partial charge < -0.3 is 15.8 Å². The number of hydrogen-bond acceptors (Lipinski definition) is 3. The lowest BCUT2D eigenvalue weighted by molar-refractivity contribution is -0.120. The molecule has 1 aromatic rings. The van der Waals surface area contributed by atoms with Crippen LogP contribution in [0.15, 0.2) is 18.2 Å². The van der Waals surface area contributed by atoms with E-state index in [4.69, 9.17) is 10.5 Å². The summed E-state index contributed by atoms with van der Waals surface area (Å²) >= 11 is 0. The minimum Gasteiger partial charge on any atom is -0.494 e. The zero-order valence-electron chi connectivity index (χ0n) is 10.7. The number of hydrogen-bond donors (Lipinski definition) is 2. The van der Waals surface area contributed by atoms with Crippen molar-refractivity contribution in [1.29, 1.82) is 0 Å². The van der Waals surface area contributed by atoms with Crippen LogP contribution in [-0.4, -0.2) is 19.6 Å². The number of nitrogens with one attached hydrogen (secondary N) is 1. The summed E-state index contributed by atoms with van der Waals surface area (Å²) in [7, 11) is 1.65. The van der Waals surface area contributed by atoms with E-state index < -0.39 is 0 Å². The third kappa shape index (κ3) is 3.01. The Morgan fingerprint density at radius 3 is 3.17 bits per heavy atom. The van der Waals surface area contributed by atoms with E-state index in [9.17, 15) is 4.79 Å². The Morgan fingerprint density at radius 2 is 2.39 bits per heavy atom. The number of nitrogens with two attached hydrogens (primary N) is 1. The Hall–Kier alpha value is -1.55. The average molecular weight is 248 g/mol. The SMILES string of the molecule is CNC(=O)CCCOc1ccc2c(c1)CC[C@H]2N. The van der Waals surface area contributed by atoms with Crippen molar-refractivity contribution in [2.45, 2.75) is 31.7 Å². The maximum atomic E-state index is 11.0. The number of benzene rings is 1. The molecule has 1 aromatic carbocycles. The minimum absolute atomic E-state index is 0.0542. The van der Waals surface area contributed by atoms with E-state index in [0.717, 1.165) is 25.0 Å². The molecule has 0 spiro atoms. The third-order valence-electron chi connectivity index (χ3n) is 3.33. The lowest BCUT2D eigenvalue weighted by Crippen LogP contribution is -2.18. The number of carbonyl (C=O) groups excluding carboxylic acids is 1. The number of fused-ring (bicyclic) bond motifs is 1. The van der Waals surface area contributed by atoms with Crippen LogP contribution >= 0.6 is 0 Å². The standard InChI is InChI=1S/C14H20N2O2/c1-16-14(17)3-2-8-18-11-5-6-12-10(9-11)4-7-13(12)15/h5-6,9,13H,2-4,7-8,15H2,1H3,(H,16,17)/t13-/m1/s1. The molecule has 0 saturated heterocycles. The summed E-state index contributed by atoms with van der Waals surface area (Å²) in [6.07, 6.45) is 3.30. The van der Waals surface area contributed by atoms with Crippen molar-refractivity contribution < 1.29 is 9.53 Å². The molecule has 0 saturated carbocycles. The third-order valence-corrected chi connectivity index (χ3v) is 3.33. The predicted molar refractivity (Wildman–Crippen MR) is 70.5 cm³/mol. The van der Waals surface area contributed by atoms with Crippen LogP contribution in [0.4, 0.5) is 0 Å². The Balaban J connectivity index is 1.82. The molecule has 3 N–H and O–H groups in total. The molecule has 0 unspecified atom stereocenters. The van der Waals surface area contributed by atoms with Gasteiger partial charge in [0.1, 0.15) is 5.75 Å². The first kappa shape index (κ1) is 12.9. The van der Waals surface area contributed by atoms with Gasteiger partial charge in [0.25, 0.3) is 0 Å². The summed E-state index contributed by atoms with van der Waals surface area (Å²) in [5, 5.41) is 2.59. The van der Waals surface area contributed by atoms with Crippen molar-refractivity contribution in [3.8, 4) is 5.75 Å².